The molecule has 3 unspecified atom stereocenters. The molecule has 1 aliphatic carbocycles. The molecule has 0 aromatic rings. The van der Waals surface area contributed by atoms with E-state index in [9.17, 15) is 19.5 Å². The standard InChI is InChI=1S/C15H20N4O4/c16-6-13(21)17-10-3-1-2-8-9(10)7-19(15(8)23)11-4-5-12(20)18-14(11)22/h1-2,10-11,15,23H,3-7,16H2,(H,17,21)(H,18,20,22). The molecule has 0 spiro atoms. The van der Waals surface area contributed by atoms with Gasteiger partial charge in [0, 0.05) is 13.0 Å². The summed E-state index contributed by atoms with van der Waals surface area (Å²) in [5.41, 5.74) is 6.94. The van der Waals surface area contributed by atoms with Gasteiger partial charge in [-0.2, -0.15) is 0 Å². The van der Waals surface area contributed by atoms with Gasteiger partial charge in [0.2, 0.25) is 17.7 Å². The van der Waals surface area contributed by atoms with Gasteiger partial charge in [0.25, 0.3) is 0 Å². The van der Waals surface area contributed by atoms with Crippen molar-refractivity contribution in [1.82, 2.24) is 15.5 Å². The number of aliphatic hydroxyl groups excluding tert-OH is 1. The number of amides is 3. The molecule has 3 atom stereocenters. The second-order valence-electron chi connectivity index (χ2n) is 5.96. The van der Waals surface area contributed by atoms with Crippen molar-refractivity contribution < 1.29 is 19.5 Å². The predicted octanol–water partition coefficient (Wildman–Crippen LogP) is -1.87. The Labute approximate surface area is 133 Å². The van der Waals surface area contributed by atoms with Crippen molar-refractivity contribution in [3.05, 3.63) is 23.3 Å². The molecule has 0 aromatic carbocycles. The highest BCUT2D eigenvalue weighted by atomic mass is 16.3. The Balaban J connectivity index is 1.77. The predicted molar refractivity (Wildman–Crippen MR) is 80.7 cm³/mol. The van der Waals surface area contributed by atoms with E-state index in [1.165, 1.54) is 0 Å². The van der Waals surface area contributed by atoms with E-state index >= 15 is 0 Å². The van der Waals surface area contributed by atoms with E-state index in [2.05, 4.69) is 10.6 Å². The zero-order valence-corrected chi connectivity index (χ0v) is 12.6. The van der Waals surface area contributed by atoms with Crippen LogP contribution < -0.4 is 16.4 Å². The van der Waals surface area contributed by atoms with Crippen molar-refractivity contribution >= 4 is 17.7 Å². The SMILES string of the molecule is NCC(=O)NC1CC=CC2=C1CN(C1CCC(=O)NC1=O)C2O. The number of nitrogens with two attached hydrogens (primary N) is 1. The van der Waals surface area contributed by atoms with Gasteiger partial charge in [0.05, 0.1) is 18.6 Å². The van der Waals surface area contributed by atoms with Crippen LogP contribution in [0, 0.1) is 0 Å². The largest absolute Gasteiger partial charge is 0.374 e. The molecule has 1 saturated heterocycles. The smallest absolute Gasteiger partial charge is 0.244 e. The Kier molecular flexibility index (Phi) is 4.29. The summed E-state index contributed by atoms with van der Waals surface area (Å²) in [7, 11) is 0. The number of rotatable bonds is 3. The van der Waals surface area contributed by atoms with Crippen LogP contribution >= 0.6 is 0 Å². The van der Waals surface area contributed by atoms with Gasteiger partial charge in [-0.25, -0.2) is 0 Å². The van der Waals surface area contributed by atoms with Crippen LogP contribution in [0.15, 0.2) is 23.3 Å². The van der Waals surface area contributed by atoms with Crippen LogP contribution in [0.1, 0.15) is 19.3 Å². The molecule has 2 aliphatic heterocycles. The summed E-state index contributed by atoms with van der Waals surface area (Å²) >= 11 is 0. The van der Waals surface area contributed by atoms with Crippen molar-refractivity contribution in [2.75, 3.05) is 13.1 Å². The number of carbonyl (C=O) groups is 3. The lowest BCUT2D eigenvalue weighted by atomic mass is 9.94. The highest BCUT2D eigenvalue weighted by Gasteiger charge is 2.42. The summed E-state index contributed by atoms with van der Waals surface area (Å²) in [6.45, 7) is 0.283. The lowest BCUT2D eigenvalue weighted by molar-refractivity contribution is -0.140. The van der Waals surface area contributed by atoms with Gasteiger partial charge >= 0.3 is 0 Å². The van der Waals surface area contributed by atoms with Crippen LogP contribution in [-0.4, -0.2) is 59.1 Å². The summed E-state index contributed by atoms with van der Waals surface area (Å²) in [6.07, 6.45) is 4.07. The first-order valence-electron chi connectivity index (χ1n) is 7.67. The monoisotopic (exact) mass is 320 g/mol. The lowest BCUT2D eigenvalue weighted by Gasteiger charge is -2.32. The van der Waals surface area contributed by atoms with Crippen molar-refractivity contribution in [3.8, 4) is 0 Å². The number of hydrogen-bond donors (Lipinski definition) is 4. The summed E-state index contributed by atoms with van der Waals surface area (Å²) in [4.78, 5) is 36.6. The summed E-state index contributed by atoms with van der Waals surface area (Å²) < 4.78 is 0. The molecule has 0 bridgehead atoms. The van der Waals surface area contributed by atoms with Crippen LogP contribution in [0.3, 0.4) is 0 Å². The average Bonchev–Trinajstić information content (AvgIpc) is 2.86. The molecular formula is C15H20N4O4. The fourth-order valence-electron chi connectivity index (χ4n) is 3.38. The Hall–Kier alpha value is -2.03. The summed E-state index contributed by atoms with van der Waals surface area (Å²) in [5, 5.41) is 15.7. The number of nitrogens with one attached hydrogen (secondary N) is 2. The second kappa shape index (κ2) is 6.23. The van der Waals surface area contributed by atoms with E-state index in [4.69, 9.17) is 5.73 Å². The number of aliphatic hydroxyl groups is 1. The third kappa shape index (κ3) is 2.92. The number of carbonyl (C=O) groups excluding carboxylic acids is 3. The fourth-order valence-corrected chi connectivity index (χ4v) is 3.38. The Bertz CT molecular complexity index is 613. The zero-order chi connectivity index (χ0) is 16.6. The normalized spacial score (nSPS) is 31.1. The molecule has 3 rings (SSSR count). The van der Waals surface area contributed by atoms with E-state index in [1.807, 2.05) is 12.2 Å². The van der Waals surface area contributed by atoms with Crippen molar-refractivity contribution in [1.29, 1.82) is 0 Å². The molecule has 3 aliphatic rings. The summed E-state index contributed by atoms with van der Waals surface area (Å²) in [5.74, 6) is -0.927. The fraction of sp³-hybridized carbons (Fsp3) is 0.533. The van der Waals surface area contributed by atoms with E-state index < -0.39 is 12.3 Å². The molecule has 8 nitrogen and oxygen atoms in total. The third-order valence-corrected chi connectivity index (χ3v) is 4.54. The van der Waals surface area contributed by atoms with Gasteiger partial charge in [-0.05, 0) is 24.0 Å². The molecule has 1 fully saturated rings. The average molecular weight is 320 g/mol. The summed E-state index contributed by atoms with van der Waals surface area (Å²) in [6, 6.07) is -0.772. The van der Waals surface area contributed by atoms with Crippen molar-refractivity contribution in [2.45, 2.75) is 37.6 Å². The first-order chi connectivity index (χ1) is 11.0. The lowest BCUT2D eigenvalue weighted by Crippen LogP contribution is -2.54. The van der Waals surface area contributed by atoms with Gasteiger partial charge in [0.1, 0.15) is 6.23 Å². The number of imide groups is 1. The minimum atomic E-state index is -0.914. The Morgan fingerprint density at radius 1 is 1.48 bits per heavy atom. The molecule has 0 aromatic heterocycles. The minimum absolute atomic E-state index is 0.0950. The first kappa shape index (κ1) is 15.9. The maximum atomic E-state index is 12.0. The van der Waals surface area contributed by atoms with Gasteiger partial charge < -0.3 is 16.2 Å². The molecular weight excluding hydrogens is 300 g/mol. The molecule has 3 amide bonds. The quantitative estimate of drug-likeness (QED) is 0.451. The minimum Gasteiger partial charge on any atom is -0.374 e. The molecule has 2 heterocycles. The number of piperidine rings is 1. The molecule has 124 valence electrons. The highest BCUT2D eigenvalue weighted by molar-refractivity contribution is 6.00. The maximum absolute atomic E-state index is 12.0. The van der Waals surface area contributed by atoms with Crippen LogP contribution in [-0.2, 0) is 14.4 Å². The zero-order valence-electron chi connectivity index (χ0n) is 12.6. The van der Waals surface area contributed by atoms with E-state index in [0.717, 1.165) is 5.57 Å². The van der Waals surface area contributed by atoms with E-state index in [1.54, 1.807) is 4.90 Å². The molecule has 8 heteroatoms. The van der Waals surface area contributed by atoms with Gasteiger partial charge in [-0.1, -0.05) is 12.2 Å². The topological polar surface area (TPSA) is 125 Å². The highest BCUT2D eigenvalue weighted by Crippen LogP contribution is 2.33. The van der Waals surface area contributed by atoms with Crippen molar-refractivity contribution in [2.24, 2.45) is 5.73 Å². The Morgan fingerprint density at radius 2 is 2.26 bits per heavy atom. The van der Waals surface area contributed by atoms with Gasteiger partial charge in [-0.15, -0.1) is 0 Å². The first-order valence-corrected chi connectivity index (χ1v) is 7.67. The number of nitrogens with zero attached hydrogens (tertiary/aromatic N) is 1. The van der Waals surface area contributed by atoms with Crippen molar-refractivity contribution in [3.63, 3.8) is 0 Å². The van der Waals surface area contributed by atoms with Gasteiger partial charge in [-0.3, -0.25) is 24.6 Å². The second-order valence-corrected chi connectivity index (χ2v) is 5.96. The van der Waals surface area contributed by atoms with Crippen LogP contribution in [0.5, 0.6) is 0 Å². The van der Waals surface area contributed by atoms with E-state index in [-0.39, 0.29) is 36.7 Å². The Morgan fingerprint density at radius 3 is 2.96 bits per heavy atom. The van der Waals surface area contributed by atoms with Crippen LogP contribution in [0.25, 0.3) is 0 Å². The molecule has 0 radical (unpaired) electrons. The van der Waals surface area contributed by atoms with Crippen LogP contribution in [0.2, 0.25) is 0 Å². The number of hydrogen-bond acceptors (Lipinski definition) is 6. The third-order valence-electron chi connectivity index (χ3n) is 4.54. The van der Waals surface area contributed by atoms with Crippen LogP contribution in [0.4, 0.5) is 0 Å². The van der Waals surface area contributed by atoms with Gasteiger partial charge in [0.15, 0.2) is 0 Å². The molecule has 23 heavy (non-hydrogen) atoms. The molecule has 0 saturated carbocycles. The van der Waals surface area contributed by atoms with E-state index in [0.29, 0.717) is 25.0 Å². The molecule has 5 N–H and O–H groups in total. The maximum Gasteiger partial charge on any atom is 0.244 e.